The molecule has 0 aromatic carbocycles. The lowest BCUT2D eigenvalue weighted by molar-refractivity contribution is 0.368. The van der Waals surface area contributed by atoms with E-state index in [0.717, 1.165) is 43.8 Å². The molecule has 151 valence electrons. The maximum Gasteiger partial charge on any atom is 0.216 e. The van der Waals surface area contributed by atoms with E-state index >= 15 is 0 Å². The van der Waals surface area contributed by atoms with Crippen molar-refractivity contribution in [2.24, 2.45) is 0 Å². The van der Waals surface area contributed by atoms with Crippen LogP contribution in [0.3, 0.4) is 0 Å². The summed E-state index contributed by atoms with van der Waals surface area (Å²) in [5, 5.41) is 19.7. The molecule has 0 spiro atoms. The van der Waals surface area contributed by atoms with Crippen LogP contribution in [0.2, 0.25) is 0 Å². The first-order valence-corrected chi connectivity index (χ1v) is 10.6. The summed E-state index contributed by atoms with van der Waals surface area (Å²) in [5.41, 5.74) is 2.01. The van der Waals surface area contributed by atoms with Crippen LogP contribution < -0.4 is 5.32 Å². The normalized spacial score (nSPS) is 18.2. The molecule has 3 N–H and O–H groups in total. The van der Waals surface area contributed by atoms with Crippen molar-refractivity contribution in [3.05, 3.63) is 42.3 Å². The lowest BCUT2D eigenvalue weighted by atomic mass is 10.0. The maximum atomic E-state index is 8.79. The minimum absolute atomic E-state index is 0.116. The fraction of sp³-hybridized carbons (Fsp3) is 0.476. The number of rotatable bonds is 6. The first kappa shape index (κ1) is 18.1. The van der Waals surface area contributed by atoms with Gasteiger partial charge in [-0.1, -0.05) is 6.92 Å². The molecule has 0 unspecified atom stereocenters. The third-order valence-electron chi connectivity index (χ3n) is 5.86. The van der Waals surface area contributed by atoms with Gasteiger partial charge in [0.1, 0.15) is 17.3 Å². The predicted molar refractivity (Wildman–Crippen MR) is 113 cm³/mol. The van der Waals surface area contributed by atoms with Gasteiger partial charge in [0.25, 0.3) is 0 Å². The minimum Gasteiger partial charge on any atom is -0.360 e. The summed E-state index contributed by atoms with van der Waals surface area (Å²) in [6.07, 6.45) is 9.58. The Morgan fingerprint density at radius 3 is 2.90 bits per heavy atom. The monoisotopic (exact) mass is 391 g/mol. The van der Waals surface area contributed by atoms with E-state index < -0.39 is 0 Å². The number of H-pyrrole nitrogens is 1. The van der Waals surface area contributed by atoms with Crippen LogP contribution in [0.5, 0.6) is 0 Å². The van der Waals surface area contributed by atoms with Crippen LogP contribution in [0.15, 0.2) is 24.4 Å². The molecule has 5 rings (SSSR count). The maximum absolute atomic E-state index is 8.79. The van der Waals surface area contributed by atoms with Crippen LogP contribution in [0.4, 0.5) is 11.8 Å². The Morgan fingerprint density at radius 1 is 1.31 bits per heavy atom. The molecule has 29 heavy (non-hydrogen) atoms. The number of hydrogen-bond acceptors (Lipinski definition) is 5. The molecular formula is C21H27N8. The lowest BCUT2D eigenvalue weighted by Gasteiger charge is -2.32. The van der Waals surface area contributed by atoms with Crippen molar-refractivity contribution in [3.63, 3.8) is 0 Å². The Labute approximate surface area is 170 Å². The van der Waals surface area contributed by atoms with E-state index in [-0.39, 0.29) is 5.92 Å². The molecule has 3 aromatic rings. The highest BCUT2D eigenvalue weighted by atomic mass is 15.3. The number of nitrogens with zero attached hydrogens (tertiary/aromatic N) is 5. The van der Waals surface area contributed by atoms with Crippen molar-refractivity contribution in [1.82, 2.24) is 29.5 Å². The van der Waals surface area contributed by atoms with Crippen molar-refractivity contribution < 1.29 is 0 Å². The Kier molecular flexibility index (Phi) is 4.69. The molecule has 0 amide bonds. The van der Waals surface area contributed by atoms with Gasteiger partial charge in [0, 0.05) is 37.0 Å². The molecule has 2 aliphatic rings. The summed E-state index contributed by atoms with van der Waals surface area (Å²) in [6, 6.07) is 6.01. The zero-order valence-corrected chi connectivity index (χ0v) is 16.7. The molecule has 1 aliphatic heterocycles. The van der Waals surface area contributed by atoms with Crippen molar-refractivity contribution in [3.8, 4) is 0 Å². The summed E-state index contributed by atoms with van der Waals surface area (Å²) >= 11 is 0. The summed E-state index contributed by atoms with van der Waals surface area (Å²) < 4.78 is 1.93. The van der Waals surface area contributed by atoms with Gasteiger partial charge in [0.15, 0.2) is 5.82 Å². The molecule has 0 bridgehead atoms. The number of aromatic nitrogens is 5. The van der Waals surface area contributed by atoms with E-state index in [0.29, 0.717) is 23.5 Å². The van der Waals surface area contributed by atoms with E-state index in [1.807, 2.05) is 22.7 Å². The van der Waals surface area contributed by atoms with Crippen LogP contribution in [0.1, 0.15) is 62.4 Å². The third-order valence-corrected chi connectivity index (χ3v) is 5.86. The highest BCUT2D eigenvalue weighted by Crippen LogP contribution is 2.39. The molecule has 8 heteroatoms. The molecule has 2 fully saturated rings. The van der Waals surface area contributed by atoms with Crippen molar-refractivity contribution in [1.29, 1.82) is 5.41 Å². The number of aromatic amines is 1. The zero-order chi connectivity index (χ0) is 19.8. The first-order chi connectivity index (χ1) is 14.2. The second-order valence-corrected chi connectivity index (χ2v) is 7.95. The van der Waals surface area contributed by atoms with Crippen LogP contribution in [-0.4, -0.2) is 48.4 Å². The molecular weight excluding hydrogens is 364 g/mol. The molecule has 1 atom stereocenters. The van der Waals surface area contributed by atoms with Gasteiger partial charge >= 0.3 is 0 Å². The third kappa shape index (κ3) is 3.59. The van der Waals surface area contributed by atoms with E-state index in [9.17, 15) is 0 Å². The molecule has 1 saturated carbocycles. The minimum atomic E-state index is -0.116. The molecule has 3 aromatic heterocycles. The number of fused-ring (bicyclic) bond motifs is 1. The van der Waals surface area contributed by atoms with Gasteiger partial charge in [-0.15, -0.1) is 0 Å². The Morgan fingerprint density at radius 2 is 2.14 bits per heavy atom. The average Bonchev–Trinajstić information content (AvgIpc) is 3.30. The van der Waals surface area contributed by atoms with Gasteiger partial charge in [-0.25, -0.2) is 4.98 Å². The Bertz CT molecular complexity index is 1010. The first-order valence-electron chi connectivity index (χ1n) is 10.6. The lowest BCUT2D eigenvalue weighted by Crippen LogP contribution is -2.39. The van der Waals surface area contributed by atoms with E-state index in [4.69, 9.17) is 15.4 Å². The van der Waals surface area contributed by atoms with E-state index in [1.165, 1.54) is 18.5 Å². The van der Waals surface area contributed by atoms with Crippen LogP contribution in [0.25, 0.3) is 5.65 Å². The van der Waals surface area contributed by atoms with Crippen molar-refractivity contribution in [2.75, 3.05) is 18.4 Å². The SMILES string of the molecule is CC[C@H](C(=N)N1CC[CH]CC1)c1nc(Nc2cc(C3CC3)[nH]n2)n2cccc2n1. The zero-order valence-electron chi connectivity index (χ0n) is 16.7. The molecule has 1 saturated heterocycles. The highest BCUT2D eigenvalue weighted by Gasteiger charge is 2.27. The number of amidine groups is 1. The highest BCUT2D eigenvalue weighted by molar-refractivity contribution is 5.85. The van der Waals surface area contributed by atoms with Crippen LogP contribution in [-0.2, 0) is 0 Å². The summed E-state index contributed by atoms with van der Waals surface area (Å²) in [6.45, 7) is 3.92. The summed E-state index contributed by atoms with van der Waals surface area (Å²) in [4.78, 5) is 11.8. The molecule has 1 aliphatic carbocycles. The largest absolute Gasteiger partial charge is 0.360 e. The second kappa shape index (κ2) is 7.50. The van der Waals surface area contributed by atoms with Crippen molar-refractivity contribution in [2.45, 2.75) is 50.9 Å². The van der Waals surface area contributed by atoms with Gasteiger partial charge in [-0.3, -0.25) is 14.9 Å². The Hall–Kier alpha value is -2.90. The molecule has 4 heterocycles. The topological polar surface area (TPSA) is 98.0 Å². The quantitative estimate of drug-likeness (QED) is 0.438. The molecule has 8 nitrogen and oxygen atoms in total. The Balaban J connectivity index is 1.46. The fourth-order valence-electron chi connectivity index (χ4n) is 4.02. The smallest absolute Gasteiger partial charge is 0.216 e. The second-order valence-electron chi connectivity index (χ2n) is 7.95. The van der Waals surface area contributed by atoms with Gasteiger partial charge in [0.2, 0.25) is 5.95 Å². The van der Waals surface area contributed by atoms with E-state index in [1.54, 1.807) is 0 Å². The predicted octanol–water partition coefficient (Wildman–Crippen LogP) is 3.84. The van der Waals surface area contributed by atoms with E-state index in [2.05, 4.69) is 39.8 Å². The number of anilines is 2. The number of nitrogens with one attached hydrogen (secondary N) is 3. The van der Waals surface area contributed by atoms with Gasteiger partial charge in [0.05, 0.1) is 5.92 Å². The van der Waals surface area contributed by atoms with Crippen LogP contribution >= 0.6 is 0 Å². The average molecular weight is 392 g/mol. The number of hydrogen-bond donors (Lipinski definition) is 3. The summed E-state index contributed by atoms with van der Waals surface area (Å²) in [7, 11) is 0. The number of piperidine rings is 1. The fourth-order valence-corrected chi connectivity index (χ4v) is 4.02. The van der Waals surface area contributed by atoms with Crippen molar-refractivity contribution >= 4 is 23.2 Å². The molecule has 1 radical (unpaired) electrons. The van der Waals surface area contributed by atoms with Gasteiger partial charge < -0.3 is 10.2 Å². The van der Waals surface area contributed by atoms with Gasteiger partial charge in [-0.05, 0) is 50.7 Å². The van der Waals surface area contributed by atoms with Crippen LogP contribution in [0, 0.1) is 11.8 Å². The number of likely N-dealkylation sites (tertiary alicyclic amines) is 1. The summed E-state index contributed by atoms with van der Waals surface area (Å²) in [5.74, 6) is 3.27. The van der Waals surface area contributed by atoms with Gasteiger partial charge in [-0.2, -0.15) is 10.1 Å². The standard InChI is InChI=1S/C21H27N8/c1-2-15(19(22)28-10-4-3-5-11-28)20-24-18-7-6-12-29(18)21(25-20)23-17-13-16(26-27-17)14-8-9-14/h3,6-7,12-15,22H,2,4-5,8-11H2,1H3,(H2,23,24,25,26,27)/t15-/m1/s1.